The van der Waals surface area contributed by atoms with E-state index in [1.165, 1.54) is 0 Å². The fourth-order valence-electron chi connectivity index (χ4n) is 5.16. The van der Waals surface area contributed by atoms with Gasteiger partial charge in [0.2, 0.25) is 0 Å². The van der Waals surface area contributed by atoms with Crippen molar-refractivity contribution < 1.29 is 9.47 Å². The molecule has 52 heavy (non-hydrogen) atoms. The zero-order chi connectivity index (χ0) is 34.8. The van der Waals surface area contributed by atoms with Crippen LogP contribution in [0.4, 0.5) is 0 Å². The Morgan fingerprint density at radius 2 is 1.37 bits per heavy atom. The van der Waals surface area contributed by atoms with Crippen LogP contribution in [0.1, 0.15) is 16.8 Å². The van der Waals surface area contributed by atoms with E-state index in [0.29, 0.717) is 77.4 Å². The first-order chi connectivity index (χ1) is 24.3. The van der Waals surface area contributed by atoms with E-state index in [2.05, 4.69) is 36.2 Å². The van der Waals surface area contributed by atoms with Gasteiger partial charge in [-0.2, -0.15) is 15.6 Å². The van der Waals surface area contributed by atoms with Gasteiger partial charge in [-0.1, -0.05) is 46.4 Å². The van der Waals surface area contributed by atoms with Crippen LogP contribution in [0.3, 0.4) is 0 Å². The van der Waals surface area contributed by atoms with E-state index in [1.54, 1.807) is 67.4 Å². The molecule has 8 aromatic rings. The number of halogens is 6. The summed E-state index contributed by atoms with van der Waals surface area (Å²) in [7, 11) is 0. The second kappa shape index (κ2) is 16.4. The molecule has 8 rings (SSSR count). The van der Waals surface area contributed by atoms with Crippen LogP contribution in [0.15, 0.2) is 91.6 Å². The van der Waals surface area contributed by atoms with Crippen molar-refractivity contribution in [1.29, 1.82) is 10.5 Å². The average molecular weight is 812 g/mol. The second-order valence-electron chi connectivity index (χ2n) is 10.6. The maximum atomic E-state index is 9.16. The molecule has 0 amide bonds. The Balaban J connectivity index is 0.000000208. The molecule has 11 nitrogen and oxygen atoms in total. The molecule has 4 heterocycles. The van der Waals surface area contributed by atoms with Crippen LogP contribution in [-0.2, 0) is 6.54 Å². The quantitative estimate of drug-likeness (QED) is 0.168. The summed E-state index contributed by atoms with van der Waals surface area (Å²) in [5.41, 5.74) is 5.26. The standard InChI is InChI=1S/C21H12Cl2N6O.C14H7Cl2N3O.2ClH/c22-13-6-12(9-24)7-14(8-13)30-20-16(23)3-4-18-19(20)26-11-29(18)10-17-15-2-1-5-25-21(15)28-27-17;15-9-3-8(6-17)4-10(5-9)20-14-11(16)1-2-12-13(14)19-7-18-12;;/h1-8,11H,10H2,(H,25,27,28);1-5,7H,(H,18,19);2*1H. The van der Waals surface area contributed by atoms with Gasteiger partial charge in [-0.05, 0) is 72.8 Å². The summed E-state index contributed by atoms with van der Waals surface area (Å²) in [6, 6.07) is 24.6. The van der Waals surface area contributed by atoms with Gasteiger partial charge in [0.25, 0.3) is 0 Å². The van der Waals surface area contributed by atoms with Crippen molar-refractivity contribution in [3.05, 3.63) is 129 Å². The minimum Gasteiger partial charge on any atom is -0.453 e. The van der Waals surface area contributed by atoms with Gasteiger partial charge in [0.15, 0.2) is 17.1 Å². The minimum atomic E-state index is 0. The first-order valence-corrected chi connectivity index (χ1v) is 16.1. The fourth-order valence-corrected chi connectivity index (χ4v) is 5.99. The predicted molar refractivity (Wildman–Crippen MR) is 206 cm³/mol. The molecule has 0 aliphatic carbocycles. The van der Waals surface area contributed by atoms with E-state index >= 15 is 0 Å². The Morgan fingerprint density at radius 1 is 0.731 bits per heavy atom. The van der Waals surface area contributed by atoms with Gasteiger partial charge >= 0.3 is 0 Å². The van der Waals surface area contributed by atoms with Gasteiger partial charge in [-0.3, -0.25) is 5.10 Å². The maximum Gasteiger partial charge on any atom is 0.181 e. The van der Waals surface area contributed by atoms with Crippen molar-refractivity contribution in [2.45, 2.75) is 6.54 Å². The SMILES string of the molecule is Cl.Cl.N#Cc1cc(Cl)cc(Oc2c(Cl)ccc3[nH]cnc23)c1.N#Cc1cc(Cl)cc(Oc2c(Cl)ccc3c2ncn3Cc2[nH]nc3ncccc23)c1. The third kappa shape index (κ3) is 7.96. The van der Waals surface area contributed by atoms with Crippen LogP contribution in [0, 0.1) is 22.7 Å². The number of nitrogens with zero attached hydrogens (tertiary/aromatic N) is 7. The number of nitrogens with one attached hydrogen (secondary N) is 2. The molecule has 0 bridgehead atoms. The van der Waals surface area contributed by atoms with Gasteiger partial charge < -0.3 is 19.0 Å². The third-order valence-corrected chi connectivity index (χ3v) is 8.40. The summed E-state index contributed by atoms with van der Waals surface area (Å²) >= 11 is 24.6. The molecule has 0 unspecified atom stereocenters. The highest BCUT2D eigenvalue weighted by molar-refractivity contribution is 6.33. The molecule has 2 N–H and O–H groups in total. The number of fused-ring (bicyclic) bond motifs is 3. The monoisotopic (exact) mass is 809 g/mol. The molecule has 4 aromatic heterocycles. The third-order valence-electron chi connectivity index (χ3n) is 7.37. The van der Waals surface area contributed by atoms with Crippen molar-refractivity contribution >= 4 is 104 Å². The summed E-state index contributed by atoms with van der Waals surface area (Å²) in [6.45, 7) is 0.523. The fraction of sp³-hybridized carbons (Fsp3) is 0.0286. The molecule has 0 saturated heterocycles. The summed E-state index contributed by atoms with van der Waals surface area (Å²) in [4.78, 5) is 15.9. The number of rotatable bonds is 6. The number of H-pyrrole nitrogens is 2. The Labute approximate surface area is 327 Å². The average Bonchev–Trinajstić information content (AvgIpc) is 3.87. The first kappa shape index (κ1) is 38.0. The van der Waals surface area contributed by atoms with Crippen molar-refractivity contribution in [2.75, 3.05) is 0 Å². The Bertz CT molecular complexity index is 2640. The predicted octanol–water partition coefficient (Wildman–Crippen LogP) is 10.7. The van der Waals surface area contributed by atoms with Crippen molar-refractivity contribution in [1.82, 2.24) is 34.7 Å². The van der Waals surface area contributed by atoms with Gasteiger partial charge in [0, 0.05) is 21.6 Å². The Hall–Kier alpha value is -5.24. The topological polar surface area (TPSA) is 154 Å². The summed E-state index contributed by atoms with van der Waals surface area (Å²) < 4.78 is 13.7. The number of imidazole rings is 2. The van der Waals surface area contributed by atoms with E-state index < -0.39 is 0 Å². The number of aromatic nitrogens is 7. The molecule has 0 saturated carbocycles. The van der Waals surface area contributed by atoms with E-state index in [1.807, 2.05) is 34.9 Å². The zero-order valence-electron chi connectivity index (χ0n) is 26.1. The highest BCUT2D eigenvalue weighted by atomic mass is 35.5. The number of ether oxygens (including phenoxy) is 2. The van der Waals surface area contributed by atoms with Crippen LogP contribution in [0.2, 0.25) is 20.1 Å². The minimum absolute atomic E-state index is 0. The molecule has 0 spiro atoms. The molecule has 17 heteroatoms. The van der Waals surface area contributed by atoms with Crippen molar-refractivity contribution in [3.63, 3.8) is 0 Å². The van der Waals surface area contributed by atoms with Crippen LogP contribution in [-0.4, -0.2) is 34.7 Å². The molecule has 260 valence electrons. The lowest BCUT2D eigenvalue weighted by Gasteiger charge is -2.10. The van der Waals surface area contributed by atoms with Crippen molar-refractivity contribution in [2.24, 2.45) is 0 Å². The van der Waals surface area contributed by atoms with Gasteiger partial charge in [0.1, 0.15) is 22.5 Å². The van der Waals surface area contributed by atoms with E-state index in [9.17, 15) is 0 Å². The zero-order valence-corrected chi connectivity index (χ0v) is 30.8. The summed E-state index contributed by atoms with van der Waals surface area (Å²) in [6.07, 6.45) is 4.99. The number of hydrogen-bond donors (Lipinski definition) is 2. The molecular weight excluding hydrogens is 791 g/mol. The number of hydrogen-bond acceptors (Lipinski definition) is 8. The molecule has 0 atom stereocenters. The van der Waals surface area contributed by atoms with E-state index in [4.69, 9.17) is 66.4 Å². The van der Waals surface area contributed by atoms with Gasteiger partial charge in [0.05, 0.1) is 69.2 Å². The highest BCUT2D eigenvalue weighted by Gasteiger charge is 2.16. The lowest BCUT2D eigenvalue weighted by molar-refractivity contribution is 0.487. The highest BCUT2D eigenvalue weighted by Crippen LogP contribution is 2.38. The molecule has 0 fully saturated rings. The lowest BCUT2D eigenvalue weighted by Crippen LogP contribution is -1.99. The molecule has 0 aliphatic heterocycles. The van der Waals surface area contributed by atoms with E-state index in [-0.39, 0.29) is 24.8 Å². The molecule has 4 aromatic carbocycles. The maximum absolute atomic E-state index is 9.16. The summed E-state index contributed by atoms with van der Waals surface area (Å²) in [5, 5.41) is 28.0. The lowest BCUT2D eigenvalue weighted by atomic mass is 10.2. The molecular formula is C35H21Cl6N9O2. The van der Waals surface area contributed by atoms with Crippen LogP contribution < -0.4 is 9.47 Å². The van der Waals surface area contributed by atoms with Crippen molar-refractivity contribution in [3.8, 4) is 35.1 Å². The van der Waals surface area contributed by atoms with Crippen LogP contribution in [0.25, 0.3) is 33.1 Å². The molecule has 0 aliphatic rings. The number of aromatic amines is 2. The van der Waals surface area contributed by atoms with Crippen LogP contribution >= 0.6 is 71.2 Å². The van der Waals surface area contributed by atoms with Gasteiger partial charge in [-0.15, -0.1) is 24.8 Å². The van der Waals surface area contributed by atoms with Gasteiger partial charge in [-0.25, -0.2) is 15.0 Å². The smallest absolute Gasteiger partial charge is 0.181 e. The first-order valence-electron chi connectivity index (χ1n) is 14.6. The number of pyridine rings is 1. The second-order valence-corrected chi connectivity index (χ2v) is 12.3. The Morgan fingerprint density at radius 3 is 2.02 bits per heavy atom. The number of benzene rings is 4. The largest absolute Gasteiger partial charge is 0.453 e. The van der Waals surface area contributed by atoms with E-state index in [0.717, 1.165) is 22.1 Å². The summed E-state index contributed by atoms with van der Waals surface area (Å²) in [5.74, 6) is 1.67. The Kier molecular flexibility index (Phi) is 12.0. The van der Waals surface area contributed by atoms with Crippen LogP contribution in [0.5, 0.6) is 23.0 Å². The number of nitriles is 2. The molecule has 0 radical (unpaired) electrons. The normalized spacial score (nSPS) is 10.4.